The van der Waals surface area contributed by atoms with Crippen molar-refractivity contribution in [2.75, 3.05) is 13.2 Å². The zero-order valence-corrected chi connectivity index (χ0v) is 17.6. The van der Waals surface area contributed by atoms with E-state index in [2.05, 4.69) is 29.8 Å². The molecule has 0 saturated heterocycles. The molecule has 0 aliphatic rings. The summed E-state index contributed by atoms with van der Waals surface area (Å²) in [5, 5.41) is 0. The molecule has 0 radical (unpaired) electrons. The molecule has 0 unspecified atom stereocenters. The van der Waals surface area contributed by atoms with Crippen LogP contribution in [0.4, 0.5) is 0 Å². The maximum atomic E-state index is 11.3. The third-order valence-corrected chi connectivity index (χ3v) is 5.09. The van der Waals surface area contributed by atoms with Gasteiger partial charge in [-0.3, -0.25) is 0 Å². The molecule has 0 bridgehead atoms. The van der Waals surface area contributed by atoms with Gasteiger partial charge in [0.2, 0.25) is 0 Å². The van der Waals surface area contributed by atoms with Crippen LogP contribution in [0.25, 0.3) is 0 Å². The van der Waals surface area contributed by atoms with E-state index >= 15 is 0 Å². The Morgan fingerprint density at radius 2 is 1.23 bits per heavy atom. The van der Waals surface area contributed by atoms with Gasteiger partial charge in [0.05, 0.1) is 13.2 Å². The van der Waals surface area contributed by atoms with Gasteiger partial charge in [0, 0.05) is 0 Å². The molecule has 0 aromatic heterocycles. The Morgan fingerprint density at radius 1 is 0.731 bits per heavy atom. The molecule has 0 aromatic carbocycles. The van der Waals surface area contributed by atoms with E-state index in [1.54, 1.807) is 0 Å². The van der Waals surface area contributed by atoms with Gasteiger partial charge in [-0.2, -0.15) is 8.42 Å². The van der Waals surface area contributed by atoms with Crippen molar-refractivity contribution in [3.8, 4) is 0 Å². The van der Waals surface area contributed by atoms with Crippen molar-refractivity contribution in [1.29, 1.82) is 0 Å². The molecule has 0 heterocycles. The predicted octanol–water partition coefficient (Wildman–Crippen LogP) is 6.49. The van der Waals surface area contributed by atoms with Gasteiger partial charge in [-0.1, -0.05) is 82.9 Å². The Labute approximate surface area is 162 Å². The van der Waals surface area contributed by atoms with Crippen LogP contribution in [0.1, 0.15) is 96.8 Å². The summed E-state index contributed by atoms with van der Waals surface area (Å²) in [5.74, 6) is 0. The molecule has 0 aliphatic carbocycles. The fraction of sp³-hybridized carbons (Fsp3) is 0.810. The normalized spacial score (nSPS) is 12.0. The van der Waals surface area contributed by atoms with Gasteiger partial charge in [-0.05, 0) is 32.1 Å². The fourth-order valence-corrected chi connectivity index (χ4v) is 3.33. The molecule has 0 aliphatic heterocycles. The van der Waals surface area contributed by atoms with Crippen LogP contribution in [-0.4, -0.2) is 21.6 Å². The second kappa shape index (κ2) is 19.1. The van der Waals surface area contributed by atoms with Crippen LogP contribution < -0.4 is 0 Å². The highest BCUT2D eigenvalue weighted by molar-refractivity contribution is 7.81. The fourth-order valence-electron chi connectivity index (χ4n) is 2.68. The molecule has 0 rings (SSSR count). The Hall–Kier alpha value is -0.650. The number of hydrogen-bond donors (Lipinski definition) is 0. The van der Waals surface area contributed by atoms with E-state index in [1.807, 2.05) is 0 Å². The first-order chi connectivity index (χ1) is 12.6. The summed E-state index contributed by atoms with van der Waals surface area (Å²) >= 11 is 0. The lowest BCUT2D eigenvalue weighted by Crippen LogP contribution is -2.11. The average Bonchev–Trinajstić information content (AvgIpc) is 2.62. The van der Waals surface area contributed by atoms with Crippen LogP contribution in [0.5, 0.6) is 0 Å². The van der Waals surface area contributed by atoms with Crippen molar-refractivity contribution >= 4 is 10.4 Å². The molecule has 0 aromatic rings. The summed E-state index contributed by atoms with van der Waals surface area (Å²) in [4.78, 5) is 0. The van der Waals surface area contributed by atoms with Gasteiger partial charge < -0.3 is 0 Å². The number of unbranched alkanes of at least 4 members (excludes halogenated alkanes) is 12. The SMILES string of the molecule is C=CCOS(=O)(=O)OCCCCCCCC/C=C\CCCCCCCC. The molecule has 0 atom stereocenters. The third-order valence-electron chi connectivity index (χ3n) is 4.21. The average molecular weight is 389 g/mol. The third kappa shape index (κ3) is 19.7. The Balaban J connectivity index is 3.26. The molecule has 26 heavy (non-hydrogen) atoms. The summed E-state index contributed by atoms with van der Waals surface area (Å²) in [6.45, 7) is 5.80. The summed E-state index contributed by atoms with van der Waals surface area (Å²) in [6, 6.07) is 0. The minimum atomic E-state index is -3.84. The van der Waals surface area contributed by atoms with Gasteiger partial charge in [0.15, 0.2) is 0 Å². The molecule has 0 fully saturated rings. The lowest BCUT2D eigenvalue weighted by Gasteiger charge is -2.04. The zero-order valence-electron chi connectivity index (χ0n) is 16.8. The molecule has 0 spiro atoms. The highest BCUT2D eigenvalue weighted by Gasteiger charge is 2.09. The molecular formula is C21H40O4S. The van der Waals surface area contributed by atoms with E-state index in [9.17, 15) is 8.42 Å². The smallest absolute Gasteiger partial charge is 0.248 e. The van der Waals surface area contributed by atoms with Gasteiger partial charge >= 0.3 is 10.4 Å². The lowest BCUT2D eigenvalue weighted by molar-refractivity contribution is 0.225. The molecule has 4 nitrogen and oxygen atoms in total. The first-order valence-corrected chi connectivity index (χ1v) is 11.8. The van der Waals surface area contributed by atoms with Gasteiger partial charge in [-0.15, -0.1) is 6.58 Å². The Morgan fingerprint density at radius 3 is 1.77 bits per heavy atom. The topological polar surface area (TPSA) is 52.6 Å². The van der Waals surface area contributed by atoms with Crippen molar-refractivity contribution in [1.82, 2.24) is 0 Å². The van der Waals surface area contributed by atoms with Crippen molar-refractivity contribution < 1.29 is 16.8 Å². The van der Waals surface area contributed by atoms with E-state index in [-0.39, 0.29) is 13.2 Å². The summed E-state index contributed by atoms with van der Waals surface area (Å²) in [7, 11) is -3.84. The van der Waals surface area contributed by atoms with E-state index in [1.165, 1.54) is 76.7 Å². The summed E-state index contributed by atoms with van der Waals surface area (Å²) < 4.78 is 31.8. The zero-order chi connectivity index (χ0) is 19.3. The van der Waals surface area contributed by atoms with E-state index in [0.717, 1.165) is 19.3 Å². The van der Waals surface area contributed by atoms with Crippen LogP contribution in [-0.2, 0) is 18.8 Å². The molecular weight excluding hydrogens is 348 g/mol. The minimum Gasteiger partial charge on any atom is -0.248 e. The maximum absolute atomic E-state index is 11.3. The van der Waals surface area contributed by atoms with Gasteiger partial charge in [0.1, 0.15) is 0 Å². The molecule has 5 heteroatoms. The molecule has 0 N–H and O–H groups in total. The van der Waals surface area contributed by atoms with Crippen molar-refractivity contribution in [3.05, 3.63) is 24.8 Å². The van der Waals surface area contributed by atoms with Crippen LogP contribution >= 0.6 is 0 Å². The van der Waals surface area contributed by atoms with Gasteiger partial charge in [0.25, 0.3) is 0 Å². The lowest BCUT2D eigenvalue weighted by atomic mass is 10.1. The minimum absolute atomic E-state index is 0.0459. The predicted molar refractivity (Wildman–Crippen MR) is 110 cm³/mol. The first-order valence-electron chi connectivity index (χ1n) is 10.4. The Bertz CT molecular complexity index is 429. The number of allylic oxidation sites excluding steroid dienone is 2. The molecule has 0 saturated carbocycles. The first kappa shape index (κ1) is 25.4. The number of hydrogen-bond acceptors (Lipinski definition) is 4. The second-order valence-corrected chi connectivity index (χ2v) is 8.03. The van der Waals surface area contributed by atoms with E-state index in [0.29, 0.717) is 0 Å². The number of rotatable bonds is 20. The maximum Gasteiger partial charge on any atom is 0.400 e. The van der Waals surface area contributed by atoms with E-state index in [4.69, 9.17) is 4.18 Å². The second-order valence-electron chi connectivity index (χ2n) is 6.74. The van der Waals surface area contributed by atoms with Crippen LogP contribution in [0.15, 0.2) is 24.8 Å². The van der Waals surface area contributed by atoms with Crippen LogP contribution in [0, 0.1) is 0 Å². The van der Waals surface area contributed by atoms with Crippen molar-refractivity contribution in [2.24, 2.45) is 0 Å². The Kier molecular flexibility index (Phi) is 18.6. The highest BCUT2D eigenvalue weighted by Crippen LogP contribution is 2.10. The summed E-state index contributed by atoms with van der Waals surface area (Å²) in [6.07, 6.45) is 23.2. The monoisotopic (exact) mass is 388 g/mol. The molecule has 0 amide bonds. The summed E-state index contributed by atoms with van der Waals surface area (Å²) in [5.41, 5.74) is 0. The quantitative estimate of drug-likeness (QED) is 0.177. The molecule has 154 valence electrons. The van der Waals surface area contributed by atoms with E-state index < -0.39 is 10.4 Å². The standard InChI is InChI=1S/C21H40O4S/c1-3-5-6-7-8-9-10-11-12-13-14-15-16-17-18-19-21-25-26(22,23)24-20-4-2/h4,11-12H,2-3,5-10,13-21H2,1H3/b12-11-. The van der Waals surface area contributed by atoms with Crippen molar-refractivity contribution in [3.63, 3.8) is 0 Å². The van der Waals surface area contributed by atoms with Crippen LogP contribution in [0.2, 0.25) is 0 Å². The largest absolute Gasteiger partial charge is 0.400 e. The highest BCUT2D eigenvalue weighted by atomic mass is 32.3. The van der Waals surface area contributed by atoms with Crippen molar-refractivity contribution in [2.45, 2.75) is 96.8 Å². The van der Waals surface area contributed by atoms with Crippen LogP contribution in [0.3, 0.4) is 0 Å². The van der Waals surface area contributed by atoms with Gasteiger partial charge in [-0.25, -0.2) is 8.37 Å².